The lowest BCUT2D eigenvalue weighted by Gasteiger charge is -2.03. The number of hydrogen-bond donors (Lipinski definition) is 1. The Kier molecular flexibility index (Phi) is 2.64. The van der Waals surface area contributed by atoms with Crippen molar-refractivity contribution in [1.29, 1.82) is 0 Å². The van der Waals surface area contributed by atoms with Gasteiger partial charge in [0.2, 0.25) is 0 Å². The normalized spacial score (nSPS) is 11.8. The predicted octanol–water partition coefficient (Wildman–Crippen LogP) is 2.63. The van der Waals surface area contributed by atoms with E-state index >= 15 is 0 Å². The van der Waals surface area contributed by atoms with Crippen LogP contribution in [0, 0.1) is 0 Å². The number of pyridine rings is 1. The number of rotatable bonds is 2. The third-order valence-electron chi connectivity index (χ3n) is 2.99. The van der Waals surface area contributed by atoms with Crippen molar-refractivity contribution in [2.45, 2.75) is 4.90 Å². The third kappa shape index (κ3) is 2.24. The molecule has 5 heteroatoms. The van der Waals surface area contributed by atoms with Gasteiger partial charge in [-0.3, -0.25) is 0 Å². The highest BCUT2D eigenvalue weighted by molar-refractivity contribution is 7.90. The van der Waals surface area contributed by atoms with Gasteiger partial charge in [0.15, 0.2) is 9.84 Å². The molecule has 4 nitrogen and oxygen atoms in total. The minimum atomic E-state index is -3.15. The second kappa shape index (κ2) is 4.20. The molecule has 0 saturated heterocycles. The lowest BCUT2D eigenvalue weighted by atomic mass is 10.1. The topological polar surface area (TPSA) is 62.8 Å². The van der Waals surface area contributed by atoms with E-state index in [0.717, 1.165) is 22.3 Å². The van der Waals surface area contributed by atoms with E-state index in [4.69, 9.17) is 0 Å². The summed E-state index contributed by atoms with van der Waals surface area (Å²) in [5, 5.41) is 1.05. The number of sulfone groups is 1. The van der Waals surface area contributed by atoms with Crippen molar-refractivity contribution in [2.75, 3.05) is 6.26 Å². The van der Waals surface area contributed by atoms with Crippen molar-refractivity contribution in [3.8, 4) is 11.3 Å². The summed E-state index contributed by atoms with van der Waals surface area (Å²) < 4.78 is 22.8. The minimum Gasteiger partial charge on any atom is -0.346 e. The molecule has 0 spiro atoms. The summed E-state index contributed by atoms with van der Waals surface area (Å²) >= 11 is 0. The molecular formula is C14H12N2O2S. The monoisotopic (exact) mass is 272 g/mol. The van der Waals surface area contributed by atoms with Gasteiger partial charge in [0.25, 0.3) is 0 Å². The second-order valence-electron chi connectivity index (χ2n) is 4.41. The lowest BCUT2D eigenvalue weighted by molar-refractivity contribution is 0.602. The van der Waals surface area contributed by atoms with Crippen LogP contribution in [0.15, 0.2) is 53.6 Å². The largest absolute Gasteiger partial charge is 0.346 e. The Bertz CT molecular complexity index is 833. The van der Waals surface area contributed by atoms with Crippen LogP contribution in [0.25, 0.3) is 22.3 Å². The number of aromatic amines is 1. The third-order valence-corrected chi connectivity index (χ3v) is 4.12. The molecule has 2 aromatic heterocycles. The molecule has 19 heavy (non-hydrogen) atoms. The maximum Gasteiger partial charge on any atom is 0.175 e. The average molecular weight is 272 g/mol. The Morgan fingerprint density at radius 2 is 1.74 bits per heavy atom. The first-order chi connectivity index (χ1) is 9.04. The van der Waals surface area contributed by atoms with Crippen molar-refractivity contribution in [3.63, 3.8) is 0 Å². The fraction of sp³-hybridized carbons (Fsp3) is 0.0714. The molecule has 3 rings (SSSR count). The number of H-pyrrole nitrogens is 1. The highest BCUT2D eigenvalue weighted by atomic mass is 32.2. The first kappa shape index (κ1) is 11.9. The van der Waals surface area contributed by atoms with Gasteiger partial charge in [-0.25, -0.2) is 13.4 Å². The van der Waals surface area contributed by atoms with Crippen LogP contribution >= 0.6 is 0 Å². The lowest BCUT2D eigenvalue weighted by Crippen LogP contribution is -1.96. The van der Waals surface area contributed by atoms with E-state index in [0.29, 0.717) is 4.90 Å². The number of nitrogens with one attached hydrogen (secondary N) is 1. The predicted molar refractivity (Wildman–Crippen MR) is 74.6 cm³/mol. The molecule has 0 radical (unpaired) electrons. The van der Waals surface area contributed by atoms with Crippen LogP contribution in [0.2, 0.25) is 0 Å². The molecule has 0 aliphatic carbocycles. The minimum absolute atomic E-state index is 0.317. The van der Waals surface area contributed by atoms with Crippen LogP contribution in [0.5, 0.6) is 0 Å². The summed E-state index contributed by atoms with van der Waals surface area (Å²) in [7, 11) is -3.15. The van der Waals surface area contributed by atoms with Crippen molar-refractivity contribution < 1.29 is 8.42 Å². The average Bonchev–Trinajstić information content (AvgIpc) is 2.85. The number of aromatic nitrogens is 2. The molecule has 0 unspecified atom stereocenters. The number of fused-ring (bicyclic) bond motifs is 1. The molecule has 0 fully saturated rings. The summed E-state index contributed by atoms with van der Waals surface area (Å²) in [6, 6.07) is 12.6. The smallest absolute Gasteiger partial charge is 0.175 e. The summed E-state index contributed by atoms with van der Waals surface area (Å²) in [5.74, 6) is 0. The van der Waals surface area contributed by atoms with Crippen molar-refractivity contribution >= 4 is 20.9 Å². The molecule has 3 aromatic rings. The van der Waals surface area contributed by atoms with Crippen LogP contribution in [-0.4, -0.2) is 24.6 Å². The maximum absolute atomic E-state index is 11.4. The quantitative estimate of drug-likeness (QED) is 0.780. The first-order valence-corrected chi connectivity index (χ1v) is 7.68. The zero-order chi connectivity index (χ0) is 13.5. The molecule has 1 aromatic carbocycles. The van der Waals surface area contributed by atoms with Gasteiger partial charge in [-0.05, 0) is 30.3 Å². The zero-order valence-corrected chi connectivity index (χ0v) is 11.1. The van der Waals surface area contributed by atoms with Crippen LogP contribution in [0.3, 0.4) is 0 Å². The first-order valence-electron chi connectivity index (χ1n) is 5.79. The molecule has 0 atom stereocenters. The van der Waals surface area contributed by atoms with Crippen molar-refractivity contribution in [3.05, 3.63) is 48.7 Å². The van der Waals surface area contributed by atoms with Gasteiger partial charge >= 0.3 is 0 Å². The van der Waals surface area contributed by atoms with Crippen LogP contribution < -0.4 is 0 Å². The summed E-state index contributed by atoms with van der Waals surface area (Å²) in [6.45, 7) is 0. The van der Waals surface area contributed by atoms with Gasteiger partial charge in [0, 0.05) is 23.4 Å². The summed E-state index contributed by atoms with van der Waals surface area (Å²) in [4.78, 5) is 7.87. The summed E-state index contributed by atoms with van der Waals surface area (Å²) in [6.07, 6.45) is 3.04. The van der Waals surface area contributed by atoms with E-state index in [2.05, 4.69) is 9.97 Å². The fourth-order valence-electron chi connectivity index (χ4n) is 1.96. The molecule has 0 saturated carbocycles. The highest BCUT2D eigenvalue weighted by Gasteiger charge is 2.07. The van der Waals surface area contributed by atoms with E-state index in [1.165, 1.54) is 6.26 Å². The molecule has 0 aliphatic heterocycles. The SMILES string of the molecule is CS(=O)(=O)c1ccc(-c2ccc3cc[nH]c3n2)cc1. The van der Waals surface area contributed by atoms with E-state index in [1.807, 2.05) is 24.4 Å². The molecule has 96 valence electrons. The number of hydrogen-bond acceptors (Lipinski definition) is 3. The van der Waals surface area contributed by atoms with Gasteiger partial charge < -0.3 is 4.98 Å². The molecule has 0 bridgehead atoms. The number of nitrogens with zero attached hydrogens (tertiary/aromatic N) is 1. The molecule has 0 amide bonds. The Labute approximate surface area is 111 Å². The van der Waals surface area contributed by atoms with Crippen molar-refractivity contribution in [2.24, 2.45) is 0 Å². The molecule has 1 N–H and O–H groups in total. The number of benzene rings is 1. The van der Waals surface area contributed by atoms with Gasteiger partial charge in [-0.15, -0.1) is 0 Å². The Balaban J connectivity index is 2.06. The van der Waals surface area contributed by atoms with Crippen LogP contribution in [0.1, 0.15) is 0 Å². The van der Waals surface area contributed by atoms with Gasteiger partial charge in [0.05, 0.1) is 10.6 Å². The summed E-state index contributed by atoms with van der Waals surface area (Å²) in [5.41, 5.74) is 2.53. The Hall–Kier alpha value is -2.14. The van der Waals surface area contributed by atoms with Gasteiger partial charge in [0.1, 0.15) is 5.65 Å². The van der Waals surface area contributed by atoms with E-state index in [1.54, 1.807) is 24.3 Å². The van der Waals surface area contributed by atoms with Gasteiger partial charge in [-0.1, -0.05) is 12.1 Å². The maximum atomic E-state index is 11.4. The van der Waals surface area contributed by atoms with Crippen molar-refractivity contribution in [1.82, 2.24) is 9.97 Å². The zero-order valence-electron chi connectivity index (χ0n) is 10.3. The fourth-order valence-corrected chi connectivity index (χ4v) is 2.59. The molecular weight excluding hydrogens is 260 g/mol. The van der Waals surface area contributed by atoms with Crippen LogP contribution in [-0.2, 0) is 9.84 Å². The second-order valence-corrected chi connectivity index (χ2v) is 6.42. The van der Waals surface area contributed by atoms with E-state index in [-0.39, 0.29) is 0 Å². The Morgan fingerprint density at radius 1 is 1.00 bits per heavy atom. The van der Waals surface area contributed by atoms with Crippen LogP contribution in [0.4, 0.5) is 0 Å². The van der Waals surface area contributed by atoms with E-state index in [9.17, 15) is 8.42 Å². The van der Waals surface area contributed by atoms with E-state index < -0.39 is 9.84 Å². The van der Waals surface area contributed by atoms with Gasteiger partial charge in [-0.2, -0.15) is 0 Å². The molecule has 2 heterocycles. The molecule has 0 aliphatic rings. The highest BCUT2D eigenvalue weighted by Crippen LogP contribution is 2.21. The Morgan fingerprint density at radius 3 is 2.42 bits per heavy atom. The standard InChI is InChI=1S/C14H12N2O2S/c1-19(17,18)12-5-2-10(3-6-12)13-7-4-11-8-9-15-14(11)16-13/h2-9H,1H3,(H,15,16).